The molecule has 0 aliphatic heterocycles. The fraction of sp³-hybridized carbons (Fsp3) is 1.00. The minimum atomic E-state index is -1.17. The first-order valence-corrected chi connectivity index (χ1v) is 8.18. The van der Waals surface area contributed by atoms with Crippen molar-refractivity contribution in [3.8, 4) is 0 Å². The molecule has 0 rings (SSSR count). The molecule has 0 spiro atoms. The maximum absolute atomic E-state index is 5.33. The van der Waals surface area contributed by atoms with E-state index in [-0.39, 0.29) is 0 Å². The molecule has 0 saturated carbocycles. The second-order valence-electron chi connectivity index (χ2n) is 1.79. The molecule has 0 fully saturated rings. The van der Waals surface area contributed by atoms with E-state index in [0.29, 0.717) is 19.8 Å². The van der Waals surface area contributed by atoms with Gasteiger partial charge < -0.3 is 13.6 Å². The average molecular weight is 403 g/mol. The van der Waals surface area contributed by atoms with Crippen LogP contribution in [-0.2, 0) is 13.6 Å². The molecule has 0 radical (unpaired) electrons. The third-order valence-corrected chi connectivity index (χ3v) is 2.97. The van der Waals surface area contributed by atoms with E-state index < -0.39 is 8.60 Å². The minimum Gasteiger partial charge on any atom is -0.311 e. The van der Waals surface area contributed by atoms with Gasteiger partial charge in [-0.15, -0.1) is 0 Å². The molecule has 0 aromatic rings. The van der Waals surface area contributed by atoms with Crippen molar-refractivity contribution in [2.45, 2.75) is 0 Å². The molecule has 0 bridgehead atoms. The summed E-state index contributed by atoms with van der Waals surface area (Å²) in [6.45, 7) is 1.82. The lowest BCUT2D eigenvalue weighted by molar-refractivity contribution is 0.180. The summed E-state index contributed by atoms with van der Waals surface area (Å²) < 4.78 is 16.0. The van der Waals surface area contributed by atoms with Crippen LogP contribution in [0.1, 0.15) is 0 Å². The molecule has 0 N–H and O–H groups in total. The molecule has 0 aromatic carbocycles. The van der Waals surface area contributed by atoms with Gasteiger partial charge in [0.05, 0.1) is 19.8 Å². The zero-order chi connectivity index (χ0) is 9.94. The molecule has 0 unspecified atom stereocenters. The molecule has 7 heteroatoms. The summed E-state index contributed by atoms with van der Waals surface area (Å²) >= 11 is 9.81. The Kier molecular flexibility index (Phi) is 13.4. The van der Waals surface area contributed by atoms with E-state index in [1.807, 2.05) is 0 Å². The van der Waals surface area contributed by atoms with Gasteiger partial charge in [-0.1, -0.05) is 47.8 Å². The lowest BCUT2D eigenvalue weighted by Crippen LogP contribution is -2.01. The van der Waals surface area contributed by atoms with E-state index in [9.17, 15) is 0 Å². The van der Waals surface area contributed by atoms with Crippen LogP contribution < -0.4 is 0 Å². The van der Waals surface area contributed by atoms with Gasteiger partial charge in [-0.05, 0) is 0 Å². The van der Waals surface area contributed by atoms with Gasteiger partial charge in [0.1, 0.15) is 0 Å². The highest BCUT2D eigenvalue weighted by Crippen LogP contribution is 2.39. The highest BCUT2D eigenvalue weighted by Gasteiger charge is 2.10. The SMILES string of the molecule is BrCCOP(OCCBr)OCCBr. The third-order valence-electron chi connectivity index (χ3n) is 0.822. The van der Waals surface area contributed by atoms with E-state index in [0.717, 1.165) is 16.0 Å². The van der Waals surface area contributed by atoms with Crippen LogP contribution in [0.15, 0.2) is 0 Å². The molecular weight excluding hydrogens is 391 g/mol. The normalized spacial score (nSPS) is 11.1. The molecule has 0 atom stereocenters. The van der Waals surface area contributed by atoms with Crippen molar-refractivity contribution in [3.63, 3.8) is 0 Å². The predicted molar refractivity (Wildman–Crippen MR) is 66.2 cm³/mol. The van der Waals surface area contributed by atoms with Crippen molar-refractivity contribution in [3.05, 3.63) is 0 Å². The summed E-state index contributed by atoms with van der Waals surface area (Å²) in [5, 5.41) is 2.38. The molecule has 0 aliphatic rings. The Morgan fingerprint density at radius 3 is 1.23 bits per heavy atom. The van der Waals surface area contributed by atoms with E-state index >= 15 is 0 Å². The zero-order valence-corrected chi connectivity index (χ0v) is 12.7. The van der Waals surface area contributed by atoms with E-state index in [1.54, 1.807) is 0 Å². The molecule has 0 aliphatic carbocycles. The molecule has 0 saturated heterocycles. The first-order valence-electron chi connectivity index (χ1n) is 3.72. The van der Waals surface area contributed by atoms with Crippen LogP contribution in [0.5, 0.6) is 0 Å². The highest BCUT2D eigenvalue weighted by atomic mass is 79.9. The quantitative estimate of drug-likeness (QED) is 0.437. The smallest absolute Gasteiger partial charge is 0.311 e. The predicted octanol–water partition coefficient (Wildman–Crippen LogP) is 3.45. The molecule has 3 nitrogen and oxygen atoms in total. The Morgan fingerprint density at radius 2 is 1.00 bits per heavy atom. The first kappa shape index (κ1) is 14.8. The van der Waals surface area contributed by atoms with Gasteiger partial charge in [-0.2, -0.15) is 0 Å². The summed E-state index contributed by atoms with van der Waals surface area (Å²) in [7, 11) is -1.17. The molecule has 80 valence electrons. The Balaban J connectivity index is 3.47. The van der Waals surface area contributed by atoms with Gasteiger partial charge in [0.2, 0.25) is 0 Å². The molecular formula is C6H12Br3O3P. The standard InChI is InChI=1S/C6H12Br3O3P/c7-1-4-10-13(11-5-2-8)12-6-3-9/h1-6H2. The van der Waals surface area contributed by atoms with Crippen LogP contribution in [0.4, 0.5) is 0 Å². The Bertz CT molecular complexity index is 90.1. The molecule has 0 amide bonds. The summed E-state index contributed by atoms with van der Waals surface area (Å²) in [6.07, 6.45) is 0. The van der Waals surface area contributed by atoms with Gasteiger partial charge >= 0.3 is 8.60 Å². The molecule has 13 heavy (non-hydrogen) atoms. The van der Waals surface area contributed by atoms with Gasteiger partial charge in [0.15, 0.2) is 0 Å². The summed E-state index contributed by atoms with van der Waals surface area (Å²) in [5.74, 6) is 0. The van der Waals surface area contributed by atoms with Crippen molar-refractivity contribution >= 4 is 56.4 Å². The van der Waals surface area contributed by atoms with Gasteiger partial charge in [0.25, 0.3) is 0 Å². The van der Waals surface area contributed by atoms with Crippen molar-refractivity contribution in [2.24, 2.45) is 0 Å². The zero-order valence-electron chi connectivity index (χ0n) is 7.05. The fourth-order valence-electron chi connectivity index (χ4n) is 0.439. The highest BCUT2D eigenvalue weighted by molar-refractivity contribution is 9.09. The second kappa shape index (κ2) is 11.8. The van der Waals surface area contributed by atoms with Crippen LogP contribution in [0, 0.1) is 0 Å². The van der Waals surface area contributed by atoms with E-state index in [1.165, 1.54) is 0 Å². The molecule has 0 heterocycles. The fourth-order valence-corrected chi connectivity index (χ4v) is 2.62. The van der Waals surface area contributed by atoms with E-state index in [2.05, 4.69) is 47.8 Å². The van der Waals surface area contributed by atoms with Gasteiger partial charge in [0, 0.05) is 16.0 Å². The van der Waals surface area contributed by atoms with Crippen LogP contribution in [0.3, 0.4) is 0 Å². The maximum atomic E-state index is 5.33. The minimum absolute atomic E-state index is 0.607. The number of halogens is 3. The van der Waals surface area contributed by atoms with Crippen LogP contribution in [0.25, 0.3) is 0 Å². The Hall–Kier alpha value is 1.75. The van der Waals surface area contributed by atoms with Crippen molar-refractivity contribution in [1.29, 1.82) is 0 Å². The number of hydrogen-bond acceptors (Lipinski definition) is 3. The van der Waals surface area contributed by atoms with Gasteiger partial charge in [-0.3, -0.25) is 0 Å². The Labute approximate surface area is 105 Å². The monoisotopic (exact) mass is 400 g/mol. The Morgan fingerprint density at radius 1 is 0.692 bits per heavy atom. The topological polar surface area (TPSA) is 27.7 Å². The number of rotatable bonds is 9. The largest absolute Gasteiger partial charge is 0.332 e. The van der Waals surface area contributed by atoms with Crippen molar-refractivity contribution in [2.75, 3.05) is 35.8 Å². The van der Waals surface area contributed by atoms with Crippen LogP contribution in [0.2, 0.25) is 0 Å². The van der Waals surface area contributed by atoms with Crippen molar-refractivity contribution < 1.29 is 13.6 Å². The summed E-state index contributed by atoms with van der Waals surface area (Å²) in [6, 6.07) is 0. The first-order chi connectivity index (χ1) is 6.35. The lowest BCUT2D eigenvalue weighted by atomic mass is 10.9. The number of alkyl halides is 3. The van der Waals surface area contributed by atoms with Crippen LogP contribution >= 0.6 is 56.4 Å². The lowest BCUT2D eigenvalue weighted by Gasteiger charge is -2.14. The molecule has 0 aromatic heterocycles. The van der Waals surface area contributed by atoms with Gasteiger partial charge in [-0.25, -0.2) is 0 Å². The third kappa shape index (κ3) is 10.0. The second-order valence-corrected chi connectivity index (χ2v) is 5.39. The maximum Gasteiger partial charge on any atom is 0.332 e. The summed E-state index contributed by atoms with van der Waals surface area (Å²) in [5.41, 5.74) is 0. The van der Waals surface area contributed by atoms with E-state index in [4.69, 9.17) is 13.6 Å². The van der Waals surface area contributed by atoms with Crippen molar-refractivity contribution in [1.82, 2.24) is 0 Å². The average Bonchev–Trinajstić information content (AvgIpc) is 2.17. The van der Waals surface area contributed by atoms with Crippen LogP contribution in [-0.4, -0.2) is 35.8 Å². The number of hydrogen-bond donors (Lipinski definition) is 0. The summed E-state index contributed by atoms with van der Waals surface area (Å²) in [4.78, 5) is 0.